The Bertz CT molecular complexity index is 501. The van der Waals surface area contributed by atoms with Crippen molar-refractivity contribution in [3.63, 3.8) is 0 Å². The fourth-order valence-electron chi connectivity index (χ4n) is 1.46. The topological polar surface area (TPSA) is 61.0 Å². The van der Waals surface area contributed by atoms with Crippen molar-refractivity contribution < 1.29 is 4.74 Å². The van der Waals surface area contributed by atoms with E-state index in [0.717, 1.165) is 15.7 Å². The third-order valence-electron chi connectivity index (χ3n) is 2.40. The predicted molar refractivity (Wildman–Crippen MR) is 68.8 cm³/mol. The van der Waals surface area contributed by atoms with Gasteiger partial charge in [-0.3, -0.25) is 9.97 Å². The van der Waals surface area contributed by atoms with Gasteiger partial charge in [0.2, 0.25) is 0 Å². The lowest BCUT2D eigenvalue weighted by Gasteiger charge is -2.12. The zero-order chi connectivity index (χ0) is 12.3. The first kappa shape index (κ1) is 12.0. The van der Waals surface area contributed by atoms with Crippen LogP contribution in [-0.2, 0) is 0 Å². The highest BCUT2D eigenvalue weighted by atomic mass is 79.9. The summed E-state index contributed by atoms with van der Waals surface area (Å²) in [6, 6.07) is 5.36. The average Bonchev–Trinajstić information content (AvgIpc) is 2.39. The van der Waals surface area contributed by atoms with E-state index in [-0.39, 0.29) is 6.04 Å². The van der Waals surface area contributed by atoms with Crippen LogP contribution in [-0.4, -0.2) is 17.1 Å². The Morgan fingerprint density at radius 1 is 1.29 bits per heavy atom. The minimum absolute atomic E-state index is 0.300. The monoisotopic (exact) mass is 293 g/mol. The SMILES string of the molecule is COc1cncc(C(N)c2ccc(Br)cn2)c1. The normalized spacial score (nSPS) is 12.2. The quantitative estimate of drug-likeness (QED) is 0.943. The number of ether oxygens (including phenoxy) is 1. The lowest BCUT2D eigenvalue weighted by molar-refractivity contribution is 0.412. The molecule has 2 aromatic heterocycles. The zero-order valence-corrected chi connectivity index (χ0v) is 10.9. The van der Waals surface area contributed by atoms with Crippen molar-refractivity contribution in [1.29, 1.82) is 0 Å². The summed E-state index contributed by atoms with van der Waals surface area (Å²) >= 11 is 3.34. The molecule has 2 rings (SSSR count). The highest BCUT2D eigenvalue weighted by molar-refractivity contribution is 9.10. The highest BCUT2D eigenvalue weighted by Crippen LogP contribution is 2.21. The molecule has 0 aliphatic heterocycles. The molecule has 0 aliphatic rings. The third kappa shape index (κ3) is 2.81. The largest absolute Gasteiger partial charge is 0.495 e. The van der Waals surface area contributed by atoms with E-state index in [1.165, 1.54) is 0 Å². The number of halogens is 1. The number of rotatable bonds is 3. The summed E-state index contributed by atoms with van der Waals surface area (Å²) in [4.78, 5) is 8.35. The van der Waals surface area contributed by atoms with E-state index in [1.54, 1.807) is 25.7 Å². The van der Waals surface area contributed by atoms with Gasteiger partial charge in [-0.25, -0.2) is 0 Å². The molecule has 0 bridgehead atoms. The van der Waals surface area contributed by atoms with Crippen LogP contribution in [0.25, 0.3) is 0 Å². The molecule has 0 radical (unpaired) electrons. The van der Waals surface area contributed by atoms with Gasteiger partial charge in [-0.05, 0) is 39.7 Å². The molecule has 1 atom stereocenters. The van der Waals surface area contributed by atoms with E-state index in [4.69, 9.17) is 10.5 Å². The fraction of sp³-hybridized carbons (Fsp3) is 0.167. The molecule has 88 valence electrons. The Kier molecular flexibility index (Phi) is 3.71. The van der Waals surface area contributed by atoms with Crippen LogP contribution < -0.4 is 10.5 Å². The van der Waals surface area contributed by atoms with Crippen LogP contribution in [0.3, 0.4) is 0 Å². The average molecular weight is 294 g/mol. The lowest BCUT2D eigenvalue weighted by atomic mass is 10.1. The first-order chi connectivity index (χ1) is 8.20. The molecule has 0 saturated carbocycles. The van der Waals surface area contributed by atoms with Gasteiger partial charge < -0.3 is 10.5 Å². The maximum Gasteiger partial charge on any atom is 0.137 e. The van der Waals surface area contributed by atoms with Crippen molar-refractivity contribution in [2.75, 3.05) is 7.11 Å². The number of pyridine rings is 2. The van der Waals surface area contributed by atoms with E-state index < -0.39 is 0 Å². The summed E-state index contributed by atoms with van der Waals surface area (Å²) in [5.74, 6) is 0.690. The van der Waals surface area contributed by atoms with Gasteiger partial charge in [-0.1, -0.05) is 0 Å². The van der Waals surface area contributed by atoms with Crippen molar-refractivity contribution in [2.45, 2.75) is 6.04 Å². The van der Waals surface area contributed by atoms with Crippen LogP contribution in [0.2, 0.25) is 0 Å². The van der Waals surface area contributed by atoms with Crippen molar-refractivity contribution in [3.05, 3.63) is 52.5 Å². The maximum absolute atomic E-state index is 6.12. The van der Waals surface area contributed by atoms with E-state index >= 15 is 0 Å². The molecular formula is C12H12BrN3O. The fourth-order valence-corrected chi connectivity index (χ4v) is 1.69. The van der Waals surface area contributed by atoms with E-state index in [2.05, 4.69) is 25.9 Å². The molecule has 0 spiro atoms. The number of nitrogens with two attached hydrogens (primary N) is 1. The molecule has 2 N–H and O–H groups in total. The minimum atomic E-state index is -0.300. The highest BCUT2D eigenvalue weighted by Gasteiger charge is 2.11. The number of aromatic nitrogens is 2. The molecule has 4 nitrogen and oxygen atoms in total. The summed E-state index contributed by atoms with van der Waals surface area (Å²) in [6.45, 7) is 0. The molecule has 5 heteroatoms. The second-order valence-electron chi connectivity index (χ2n) is 3.54. The molecular weight excluding hydrogens is 282 g/mol. The van der Waals surface area contributed by atoms with Crippen LogP contribution >= 0.6 is 15.9 Å². The summed E-state index contributed by atoms with van der Waals surface area (Å²) in [5.41, 5.74) is 7.79. The van der Waals surface area contributed by atoms with Crippen molar-refractivity contribution in [1.82, 2.24) is 9.97 Å². The van der Waals surface area contributed by atoms with Crippen LogP contribution in [0.1, 0.15) is 17.3 Å². The van der Waals surface area contributed by atoms with Crippen molar-refractivity contribution >= 4 is 15.9 Å². The molecule has 0 aliphatic carbocycles. The zero-order valence-electron chi connectivity index (χ0n) is 9.30. The summed E-state index contributed by atoms with van der Waals surface area (Å²) in [7, 11) is 1.60. The van der Waals surface area contributed by atoms with Crippen LogP contribution in [0.4, 0.5) is 0 Å². The number of hydrogen-bond acceptors (Lipinski definition) is 4. The number of hydrogen-bond donors (Lipinski definition) is 1. The van der Waals surface area contributed by atoms with Gasteiger partial charge in [0, 0.05) is 16.9 Å². The van der Waals surface area contributed by atoms with Gasteiger partial charge in [-0.2, -0.15) is 0 Å². The van der Waals surface area contributed by atoms with Crippen LogP contribution in [0.15, 0.2) is 41.3 Å². The van der Waals surface area contributed by atoms with Gasteiger partial charge in [0.25, 0.3) is 0 Å². The Morgan fingerprint density at radius 3 is 2.76 bits per heavy atom. The number of methoxy groups -OCH3 is 1. The minimum Gasteiger partial charge on any atom is -0.495 e. The van der Waals surface area contributed by atoms with Crippen LogP contribution in [0, 0.1) is 0 Å². The second-order valence-corrected chi connectivity index (χ2v) is 4.45. The first-order valence-corrected chi connectivity index (χ1v) is 5.86. The number of nitrogens with zero attached hydrogens (tertiary/aromatic N) is 2. The first-order valence-electron chi connectivity index (χ1n) is 5.06. The van der Waals surface area contributed by atoms with Gasteiger partial charge >= 0.3 is 0 Å². The maximum atomic E-state index is 6.12. The molecule has 2 heterocycles. The van der Waals surface area contributed by atoms with Gasteiger partial charge in [0.1, 0.15) is 5.75 Å². The molecule has 0 fully saturated rings. The van der Waals surface area contributed by atoms with Gasteiger partial charge in [-0.15, -0.1) is 0 Å². The molecule has 0 amide bonds. The smallest absolute Gasteiger partial charge is 0.137 e. The Labute approximate surface area is 108 Å². The molecule has 0 aromatic carbocycles. The summed E-state index contributed by atoms with van der Waals surface area (Å²) in [5, 5.41) is 0. The van der Waals surface area contributed by atoms with E-state index in [0.29, 0.717) is 5.75 Å². The van der Waals surface area contributed by atoms with Crippen LogP contribution in [0.5, 0.6) is 5.75 Å². The Balaban J connectivity index is 2.29. The van der Waals surface area contributed by atoms with Crippen molar-refractivity contribution in [2.24, 2.45) is 5.73 Å². The standard InChI is InChI=1S/C12H12BrN3O/c1-17-10-4-8(5-15-7-10)12(14)11-3-2-9(13)6-16-11/h2-7,12H,14H2,1H3. The Hall–Kier alpha value is -1.46. The summed E-state index contributed by atoms with van der Waals surface area (Å²) < 4.78 is 6.04. The molecule has 0 saturated heterocycles. The Morgan fingerprint density at radius 2 is 2.12 bits per heavy atom. The second kappa shape index (κ2) is 5.25. The lowest BCUT2D eigenvalue weighted by Crippen LogP contribution is -2.13. The third-order valence-corrected chi connectivity index (χ3v) is 2.87. The predicted octanol–water partition coefficient (Wildman–Crippen LogP) is 2.30. The van der Waals surface area contributed by atoms with E-state index in [1.807, 2.05) is 18.2 Å². The van der Waals surface area contributed by atoms with E-state index in [9.17, 15) is 0 Å². The molecule has 2 aromatic rings. The molecule has 1 unspecified atom stereocenters. The van der Waals surface area contributed by atoms with Gasteiger partial charge in [0.15, 0.2) is 0 Å². The van der Waals surface area contributed by atoms with Gasteiger partial charge in [0.05, 0.1) is 25.0 Å². The van der Waals surface area contributed by atoms with Crippen molar-refractivity contribution in [3.8, 4) is 5.75 Å². The summed E-state index contributed by atoms with van der Waals surface area (Å²) in [6.07, 6.45) is 5.09. The molecule has 17 heavy (non-hydrogen) atoms.